The molecule has 2 fully saturated rings. The highest BCUT2D eigenvalue weighted by Gasteiger charge is 2.29. The highest BCUT2D eigenvalue weighted by molar-refractivity contribution is 9.10. The van der Waals surface area contributed by atoms with Gasteiger partial charge in [0, 0.05) is 35.8 Å². The Morgan fingerprint density at radius 3 is 2.95 bits per heavy atom. The van der Waals surface area contributed by atoms with Crippen molar-refractivity contribution >= 4 is 21.6 Å². The van der Waals surface area contributed by atoms with E-state index in [1.54, 1.807) is 0 Å². The van der Waals surface area contributed by atoms with Crippen LogP contribution in [0.4, 0.5) is 5.69 Å². The minimum Gasteiger partial charge on any atom is -0.388 e. The van der Waals surface area contributed by atoms with Gasteiger partial charge in [-0.15, -0.1) is 0 Å². The Labute approximate surface area is 129 Å². The molecule has 1 aromatic carbocycles. The van der Waals surface area contributed by atoms with Crippen molar-refractivity contribution in [1.29, 1.82) is 0 Å². The van der Waals surface area contributed by atoms with Crippen LogP contribution in [0.15, 0.2) is 22.7 Å². The first-order valence-electron chi connectivity index (χ1n) is 7.53. The van der Waals surface area contributed by atoms with Crippen LogP contribution in [0.3, 0.4) is 0 Å². The maximum atomic E-state index is 10.3. The molecule has 2 aliphatic rings. The van der Waals surface area contributed by atoms with E-state index in [1.165, 1.54) is 24.1 Å². The van der Waals surface area contributed by atoms with Crippen molar-refractivity contribution in [3.8, 4) is 0 Å². The molecular weight excluding hydrogens is 316 g/mol. The summed E-state index contributed by atoms with van der Waals surface area (Å²) in [5.41, 5.74) is 2.02. The Hall–Kier alpha value is -0.580. The predicted molar refractivity (Wildman–Crippen MR) is 86.1 cm³/mol. The van der Waals surface area contributed by atoms with Gasteiger partial charge in [0.05, 0.1) is 5.60 Å². The highest BCUT2D eigenvalue weighted by Crippen LogP contribution is 2.31. The Balaban J connectivity index is 1.80. The van der Waals surface area contributed by atoms with E-state index >= 15 is 0 Å². The van der Waals surface area contributed by atoms with Gasteiger partial charge in [-0.3, -0.25) is 0 Å². The lowest BCUT2D eigenvalue weighted by molar-refractivity contribution is 0.0449. The van der Waals surface area contributed by atoms with Crippen molar-refractivity contribution in [3.05, 3.63) is 28.2 Å². The van der Waals surface area contributed by atoms with Crippen LogP contribution in [0.2, 0.25) is 0 Å². The molecule has 1 aromatic rings. The molecule has 4 heteroatoms. The molecule has 1 saturated heterocycles. The van der Waals surface area contributed by atoms with Gasteiger partial charge in [-0.25, -0.2) is 0 Å². The summed E-state index contributed by atoms with van der Waals surface area (Å²) >= 11 is 3.57. The number of anilines is 1. The first-order valence-corrected chi connectivity index (χ1v) is 8.32. The second-order valence-corrected chi connectivity index (χ2v) is 7.37. The van der Waals surface area contributed by atoms with Crippen LogP contribution < -0.4 is 10.2 Å². The smallest absolute Gasteiger partial charge is 0.0794 e. The monoisotopic (exact) mass is 338 g/mol. The zero-order valence-corrected chi connectivity index (χ0v) is 13.6. The summed E-state index contributed by atoms with van der Waals surface area (Å²) in [5, 5.41) is 13.9. The second kappa shape index (κ2) is 5.66. The van der Waals surface area contributed by atoms with E-state index in [2.05, 4.69) is 44.3 Å². The summed E-state index contributed by atoms with van der Waals surface area (Å²) in [4.78, 5) is 2.33. The third kappa shape index (κ3) is 3.54. The van der Waals surface area contributed by atoms with Crippen LogP contribution in [0.5, 0.6) is 0 Å². The molecule has 3 nitrogen and oxygen atoms in total. The SMILES string of the molecule is CC1(O)CCCN(c2cc(Br)ccc2CNC2CC2)C1. The van der Waals surface area contributed by atoms with Gasteiger partial charge in [0.15, 0.2) is 0 Å². The molecule has 2 N–H and O–H groups in total. The lowest BCUT2D eigenvalue weighted by Crippen LogP contribution is -2.46. The van der Waals surface area contributed by atoms with Crippen LogP contribution in [0, 0.1) is 0 Å². The Morgan fingerprint density at radius 1 is 1.45 bits per heavy atom. The van der Waals surface area contributed by atoms with Crippen molar-refractivity contribution in [2.45, 2.75) is 50.8 Å². The van der Waals surface area contributed by atoms with Crippen LogP contribution in [-0.4, -0.2) is 29.8 Å². The van der Waals surface area contributed by atoms with Crippen molar-refractivity contribution in [3.63, 3.8) is 0 Å². The number of aliphatic hydroxyl groups is 1. The van der Waals surface area contributed by atoms with E-state index < -0.39 is 5.60 Å². The number of benzene rings is 1. The van der Waals surface area contributed by atoms with Crippen molar-refractivity contribution in [2.75, 3.05) is 18.0 Å². The topological polar surface area (TPSA) is 35.5 Å². The molecular formula is C16H23BrN2O. The number of hydrogen-bond acceptors (Lipinski definition) is 3. The van der Waals surface area contributed by atoms with Gasteiger partial charge < -0.3 is 15.3 Å². The number of piperidine rings is 1. The molecule has 110 valence electrons. The predicted octanol–water partition coefficient (Wildman–Crippen LogP) is 3.05. The molecule has 0 aromatic heterocycles. The number of β-amino-alcohol motifs (C(OH)–C–C–N with tert-alkyl or cyclic N) is 1. The second-order valence-electron chi connectivity index (χ2n) is 6.45. The quantitative estimate of drug-likeness (QED) is 0.885. The van der Waals surface area contributed by atoms with Gasteiger partial charge in [-0.1, -0.05) is 22.0 Å². The summed E-state index contributed by atoms with van der Waals surface area (Å²) in [6.07, 6.45) is 4.57. The van der Waals surface area contributed by atoms with Gasteiger partial charge in [0.2, 0.25) is 0 Å². The van der Waals surface area contributed by atoms with Gasteiger partial charge in [0.1, 0.15) is 0 Å². The van der Waals surface area contributed by atoms with Gasteiger partial charge in [-0.05, 0) is 50.3 Å². The minimum absolute atomic E-state index is 0.568. The lowest BCUT2D eigenvalue weighted by atomic mass is 9.94. The van der Waals surface area contributed by atoms with Crippen molar-refractivity contribution < 1.29 is 5.11 Å². The molecule has 1 heterocycles. The summed E-state index contributed by atoms with van der Waals surface area (Å²) in [6.45, 7) is 4.62. The highest BCUT2D eigenvalue weighted by atomic mass is 79.9. The zero-order valence-electron chi connectivity index (χ0n) is 12.0. The zero-order chi connectivity index (χ0) is 14.2. The van der Waals surface area contributed by atoms with E-state index in [0.717, 1.165) is 43.0 Å². The number of rotatable bonds is 4. The molecule has 1 unspecified atom stereocenters. The molecule has 1 atom stereocenters. The molecule has 0 bridgehead atoms. The van der Waals surface area contributed by atoms with Crippen LogP contribution in [-0.2, 0) is 6.54 Å². The fourth-order valence-corrected chi connectivity index (χ4v) is 3.30. The number of nitrogens with zero attached hydrogens (tertiary/aromatic N) is 1. The standard InChI is InChI=1S/C16H23BrN2O/c1-16(20)7-2-8-19(11-16)15-9-13(17)4-3-12(15)10-18-14-5-6-14/h3-4,9,14,18,20H,2,5-8,10-11H2,1H3. The third-order valence-corrected chi connectivity index (χ3v) is 4.71. The van der Waals surface area contributed by atoms with Crippen molar-refractivity contribution in [1.82, 2.24) is 5.32 Å². The molecule has 20 heavy (non-hydrogen) atoms. The molecule has 1 aliphatic carbocycles. The Kier molecular flexibility index (Phi) is 4.07. The molecule has 3 rings (SSSR count). The van der Waals surface area contributed by atoms with Crippen LogP contribution in [0.1, 0.15) is 38.2 Å². The summed E-state index contributed by atoms with van der Waals surface area (Å²) in [6, 6.07) is 7.20. The molecule has 0 radical (unpaired) electrons. The summed E-state index contributed by atoms with van der Waals surface area (Å²) in [5.74, 6) is 0. The van der Waals surface area contributed by atoms with Gasteiger partial charge in [-0.2, -0.15) is 0 Å². The lowest BCUT2D eigenvalue weighted by Gasteiger charge is -2.39. The molecule has 1 aliphatic heterocycles. The molecule has 0 spiro atoms. The van der Waals surface area contributed by atoms with E-state index in [4.69, 9.17) is 0 Å². The number of hydrogen-bond donors (Lipinski definition) is 2. The fraction of sp³-hybridized carbons (Fsp3) is 0.625. The Morgan fingerprint density at radius 2 is 2.25 bits per heavy atom. The average molecular weight is 339 g/mol. The minimum atomic E-state index is -0.568. The molecule has 0 amide bonds. The fourth-order valence-electron chi connectivity index (χ4n) is 2.95. The molecule has 1 saturated carbocycles. The third-order valence-electron chi connectivity index (χ3n) is 4.22. The number of nitrogens with one attached hydrogen (secondary N) is 1. The van der Waals surface area contributed by atoms with Crippen molar-refractivity contribution in [2.24, 2.45) is 0 Å². The Bertz CT molecular complexity index is 485. The van der Waals surface area contributed by atoms with E-state index in [-0.39, 0.29) is 0 Å². The first kappa shape index (κ1) is 14.4. The van der Waals surface area contributed by atoms with Gasteiger partial charge >= 0.3 is 0 Å². The maximum Gasteiger partial charge on any atom is 0.0794 e. The number of halogens is 1. The normalized spacial score (nSPS) is 26.9. The van der Waals surface area contributed by atoms with Gasteiger partial charge in [0.25, 0.3) is 0 Å². The largest absolute Gasteiger partial charge is 0.388 e. The first-order chi connectivity index (χ1) is 9.53. The van der Waals surface area contributed by atoms with E-state index in [1.807, 2.05) is 6.92 Å². The van der Waals surface area contributed by atoms with Crippen LogP contribution >= 0.6 is 15.9 Å². The summed E-state index contributed by atoms with van der Waals surface area (Å²) < 4.78 is 1.10. The summed E-state index contributed by atoms with van der Waals surface area (Å²) in [7, 11) is 0. The van der Waals surface area contributed by atoms with E-state index in [9.17, 15) is 5.11 Å². The van der Waals surface area contributed by atoms with Crippen LogP contribution in [0.25, 0.3) is 0 Å². The van der Waals surface area contributed by atoms with E-state index in [0.29, 0.717) is 0 Å². The average Bonchev–Trinajstić information content (AvgIpc) is 3.20. The maximum absolute atomic E-state index is 10.3.